The molecule has 1 amide bonds. The Balaban J connectivity index is 2.42. The average Bonchev–Trinajstić information content (AvgIpc) is 2.38. The fourth-order valence-corrected chi connectivity index (χ4v) is 2.62. The molecule has 1 heterocycles. The molecule has 1 rings (SSSR count). The number of ether oxygens (including phenoxy) is 1. The normalized spacial score (nSPS) is 18.9. The van der Waals surface area contributed by atoms with Gasteiger partial charge in [0.1, 0.15) is 0 Å². The van der Waals surface area contributed by atoms with Crippen LogP contribution >= 0.6 is 0 Å². The molecular weight excluding hydrogens is 256 g/mol. The number of aliphatic hydroxyl groups is 1. The van der Waals surface area contributed by atoms with E-state index < -0.39 is 0 Å². The number of piperidine rings is 1. The van der Waals surface area contributed by atoms with Crippen LogP contribution in [0.15, 0.2) is 0 Å². The van der Waals surface area contributed by atoms with Gasteiger partial charge in [0.15, 0.2) is 0 Å². The summed E-state index contributed by atoms with van der Waals surface area (Å²) in [6, 6.07) is 0.711. The Kier molecular flexibility index (Phi) is 6.76. The van der Waals surface area contributed by atoms with Crippen LogP contribution in [0.5, 0.6) is 0 Å². The van der Waals surface area contributed by atoms with Gasteiger partial charge in [-0.05, 0) is 31.6 Å². The van der Waals surface area contributed by atoms with E-state index in [-0.39, 0.29) is 18.1 Å². The molecule has 0 spiro atoms. The number of rotatable bonds is 5. The SMILES string of the molecule is CCOC(=O)N1CCC(NC(CCO)C(C)(C)C)CC1. The third-order valence-corrected chi connectivity index (χ3v) is 3.92. The van der Waals surface area contributed by atoms with Crippen molar-refractivity contribution in [3.05, 3.63) is 0 Å². The molecule has 1 atom stereocenters. The third kappa shape index (κ3) is 5.29. The van der Waals surface area contributed by atoms with Crippen molar-refractivity contribution < 1.29 is 14.6 Å². The lowest BCUT2D eigenvalue weighted by Gasteiger charge is -2.38. The van der Waals surface area contributed by atoms with Crippen LogP contribution in [-0.2, 0) is 4.74 Å². The predicted molar refractivity (Wildman–Crippen MR) is 79.7 cm³/mol. The van der Waals surface area contributed by atoms with E-state index in [2.05, 4.69) is 26.1 Å². The zero-order chi connectivity index (χ0) is 15.2. The molecular formula is C15H30N2O3. The van der Waals surface area contributed by atoms with E-state index in [1.807, 2.05) is 6.92 Å². The first-order valence-corrected chi connectivity index (χ1v) is 7.67. The van der Waals surface area contributed by atoms with Gasteiger partial charge in [0.25, 0.3) is 0 Å². The fourth-order valence-electron chi connectivity index (χ4n) is 2.62. The van der Waals surface area contributed by atoms with Crippen LogP contribution in [0.25, 0.3) is 0 Å². The molecule has 0 aliphatic carbocycles. The Bertz CT molecular complexity index is 294. The highest BCUT2D eigenvalue weighted by molar-refractivity contribution is 5.67. The van der Waals surface area contributed by atoms with E-state index in [1.54, 1.807) is 4.90 Å². The molecule has 118 valence electrons. The number of nitrogens with one attached hydrogen (secondary N) is 1. The van der Waals surface area contributed by atoms with Crippen LogP contribution in [0.4, 0.5) is 4.79 Å². The first-order chi connectivity index (χ1) is 9.38. The lowest BCUT2D eigenvalue weighted by atomic mass is 9.84. The van der Waals surface area contributed by atoms with Crippen LogP contribution in [-0.4, -0.2) is 54.5 Å². The maximum Gasteiger partial charge on any atom is 0.409 e. The summed E-state index contributed by atoms with van der Waals surface area (Å²) >= 11 is 0. The summed E-state index contributed by atoms with van der Waals surface area (Å²) in [4.78, 5) is 13.4. The summed E-state index contributed by atoms with van der Waals surface area (Å²) in [5.74, 6) is 0. The number of aliphatic hydroxyl groups excluding tert-OH is 1. The van der Waals surface area contributed by atoms with Gasteiger partial charge in [0.05, 0.1) is 6.61 Å². The quantitative estimate of drug-likeness (QED) is 0.811. The van der Waals surface area contributed by atoms with Crippen molar-refractivity contribution in [2.75, 3.05) is 26.3 Å². The molecule has 0 radical (unpaired) electrons. The molecule has 5 nitrogen and oxygen atoms in total. The van der Waals surface area contributed by atoms with Crippen LogP contribution in [0.1, 0.15) is 47.0 Å². The Labute approximate surface area is 122 Å². The van der Waals surface area contributed by atoms with E-state index in [0.717, 1.165) is 32.4 Å². The van der Waals surface area contributed by atoms with Gasteiger partial charge in [0, 0.05) is 31.8 Å². The first-order valence-electron chi connectivity index (χ1n) is 7.67. The van der Waals surface area contributed by atoms with Gasteiger partial charge in [-0.1, -0.05) is 20.8 Å². The Morgan fingerprint density at radius 3 is 2.45 bits per heavy atom. The van der Waals surface area contributed by atoms with Crippen molar-refractivity contribution in [2.45, 2.75) is 59.0 Å². The van der Waals surface area contributed by atoms with Crippen molar-refractivity contribution in [2.24, 2.45) is 5.41 Å². The molecule has 0 aromatic heterocycles. The molecule has 1 aliphatic heterocycles. The standard InChI is InChI=1S/C15H30N2O3/c1-5-20-14(19)17-9-6-12(7-10-17)16-13(8-11-18)15(2,3)4/h12-13,16,18H,5-11H2,1-4H3. The van der Waals surface area contributed by atoms with E-state index in [1.165, 1.54) is 0 Å². The van der Waals surface area contributed by atoms with E-state index in [9.17, 15) is 9.90 Å². The molecule has 1 aliphatic rings. The highest BCUT2D eigenvalue weighted by atomic mass is 16.6. The van der Waals surface area contributed by atoms with Gasteiger partial charge in [0.2, 0.25) is 0 Å². The molecule has 1 saturated heterocycles. The second kappa shape index (κ2) is 7.84. The molecule has 1 fully saturated rings. The highest BCUT2D eigenvalue weighted by Gasteiger charge is 2.29. The van der Waals surface area contributed by atoms with Gasteiger partial charge in [-0.25, -0.2) is 4.79 Å². The molecule has 1 unspecified atom stereocenters. The molecule has 0 saturated carbocycles. The van der Waals surface area contributed by atoms with Crippen LogP contribution in [0.3, 0.4) is 0 Å². The van der Waals surface area contributed by atoms with E-state index in [4.69, 9.17) is 4.74 Å². The minimum absolute atomic E-state index is 0.126. The van der Waals surface area contributed by atoms with Crippen molar-refractivity contribution in [3.63, 3.8) is 0 Å². The molecule has 0 aromatic carbocycles. The molecule has 2 N–H and O–H groups in total. The number of nitrogens with zero attached hydrogens (tertiary/aromatic N) is 1. The monoisotopic (exact) mass is 286 g/mol. The van der Waals surface area contributed by atoms with Gasteiger partial charge < -0.3 is 20.1 Å². The summed E-state index contributed by atoms with van der Waals surface area (Å²) in [5, 5.41) is 12.8. The van der Waals surface area contributed by atoms with Crippen LogP contribution < -0.4 is 5.32 Å². The summed E-state index contributed by atoms with van der Waals surface area (Å²) in [6.07, 6.45) is 2.45. The number of amides is 1. The number of carbonyl (C=O) groups excluding carboxylic acids is 1. The minimum Gasteiger partial charge on any atom is -0.450 e. The summed E-state index contributed by atoms with van der Waals surface area (Å²) in [7, 11) is 0. The summed E-state index contributed by atoms with van der Waals surface area (Å²) in [6.45, 7) is 10.5. The van der Waals surface area contributed by atoms with Crippen LogP contribution in [0, 0.1) is 5.41 Å². The average molecular weight is 286 g/mol. The Morgan fingerprint density at radius 1 is 1.40 bits per heavy atom. The number of carbonyl (C=O) groups is 1. The van der Waals surface area contributed by atoms with Crippen molar-refractivity contribution in [1.29, 1.82) is 0 Å². The van der Waals surface area contributed by atoms with Gasteiger partial charge in [-0.3, -0.25) is 0 Å². The second-order valence-electron chi connectivity index (χ2n) is 6.56. The van der Waals surface area contributed by atoms with Crippen molar-refractivity contribution in [3.8, 4) is 0 Å². The topological polar surface area (TPSA) is 61.8 Å². The van der Waals surface area contributed by atoms with E-state index in [0.29, 0.717) is 18.7 Å². The fraction of sp³-hybridized carbons (Fsp3) is 0.933. The molecule has 0 aromatic rings. The minimum atomic E-state index is -0.200. The largest absolute Gasteiger partial charge is 0.450 e. The number of likely N-dealkylation sites (tertiary alicyclic amines) is 1. The third-order valence-electron chi connectivity index (χ3n) is 3.92. The molecule has 5 heteroatoms. The molecule has 0 bridgehead atoms. The number of hydrogen-bond donors (Lipinski definition) is 2. The maximum absolute atomic E-state index is 11.6. The smallest absolute Gasteiger partial charge is 0.409 e. The molecule has 20 heavy (non-hydrogen) atoms. The first kappa shape index (κ1) is 17.2. The summed E-state index contributed by atoms with van der Waals surface area (Å²) in [5.41, 5.74) is 0.126. The zero-order valence-electron chi connectivity index (χ0n) is 13.3. The van der Waals surface area contributed by atoms with Crippen molar-refractivity contribution >= 4 is 6.09 Å². The lowest BCUT2D eigenvalue weighted by molar-refractivity contribution is 0.0905. The maximum atomic E-state index is 11.6. The van der Waals surface area contributed by atoms with Gasteiger partial charge >= 0.3 is 6.09 Å². The lowest BCUT2D eigenvalue weighted by Crippen LogP contribution is -2.51. The Morgan fingerprint density at radius 2 is 2.00 bits per heavy atom. The summed E-state index contributed by atoms with van der Waals surface area (Å²) < 4.78 is 5.02. The highest BCUT2D eigenvalue weighted by Crippen LogP contribution is 2.24. The van der Waals surface area contributed by atoms with Gasteiger partial charge in [-0.2, -0.15) is 0 Å². The zero-order valence-corrected chi connectivity index (χ0v) is 13.3. The van der Waals surface area contributed by atoms with Crippen LogP contribution in [0.2, 0.25) is 0 Å². The van der Waals surface area contributed by atoms with Crippen molar-refractivity contribution in [1.82, 2.24) is 10.2 Å². The van der Waals surface area contributed by atoms with E-state index >= 15 is 0 Å². The Hall–Kier alpha value is -0.810. The number of hydrogen-bond acceptors (Lipinski definition) is 4. The predicted octanol–water partition coefficient (Wildman–Crippen LogP) is 1.99. The van der Waals surface area contributed by atoms with Gasteiger partial charge in [-0.15, -0.1) is 0 Å². The second-order valence-corrected chi connectivity index (χ2v) is 6.56.